The minimum atomic E-state index is -2.82. The van der Waals surface area contributed by atoms with Crippen molar-refractivity contribution in [2.45, 2.75) is 11.3 Å². The van der Waals surface area contributed by atoms with E-state index >= 15 is 0 Å². The number of hydrogen-bond acceptors (Lipinski definition) is 4. The van der Waals surface area contributed by atoms with E-state index in [-0.39, 0.29) is 39.8 Å². The van der Waals surface area contributed by atoms with Crippen molar-refractivity contribution < 1.29 is 25.4 Å². The van der Waals surface area contributed by atoms with E-state index in [4.69, 9.17) is 5.41 Å². The highest BCUT2D eigenvalue weighted by Gasteiger charge is 2.46. The Morgan fingerprint density at radius 3 is 2.69 bits per heavy atom. The van der Waals surface area contributed by atoms with Crippen LogP contribution in [-0.2, 0) is 9.84 Å². The van der Waals surface area contributed by atoms with Crippen molar-refractivity contribution in [2.24, 2.45) is 0 Å². The molecular formula is C6H10BrN2O2S2-. The Morgan fingerprint density at radius 2 is 2.15 bits per heavy atom. The second-order valence-electron chi connectivity index (χ2n) is 3.22. The lowest BCUT2D eigenvalue weighted by Crippen LogP contribution is -3.00. The van der Waals surface area contributed by atoms with Crippen molar-refractivity contribution in [3.8, 4) is 0 Å². The van der Waals surface area contributed by atoms with Crippen molar-refractivity contribution in [1.29, 1.82) is 5.41 Å². The van der Waals surface area contributed by atoms with Gasteiger partial charge in [0.05, 0.1) is 17.5 Å². The molecular weight excluding hydrogens is 276 g/mol. The summed E-state index contributed by atoms with van der Waals surface area (Å²) in [6.07, 6.45) is 0. The molecule has 0 aromatic carbocycles. The highest BCUT2D eigenvalue weighted by molar-refractivity contribution is 8.15. The van der Waals surface area contributed by atoms with Gasteiger partial charge in [-0.1, -0.05) is 11.8 Å². The van der Waals surface area contributed by atoms with E-state index in [0.29, 0.717) is 5.17 Å². The first kappa shape index (κ1) is 11.3. The molecule has 0 aliphatic carbocycles. The molecule has 2 aliphatic rings. The Bertz CT molecular complexity index is 330. The van der Waals surface area contributed by atoms with Gasteiger partial charge >= 0.3 is 0 Å². The molecule has 0 radical (unpaired) electrons. The number of sulfone groups is 1. The standard InChI is InChI=1S/C6H10N2O2S2.BrH/c1-8-4-2-12(9,10)3-5(4)11-6(8)7;/h4-5,7H,2-3H2,1H3;1H/p-1/t4-,5+;/m0./s1. The molecule has 2 rings (SSSR count). The number of fused-ring (bicyclic) bond motifs is 1. The Hall–Kier alpha value is 0.250. The average molecular weight is 286 g/mol. The van der Waals surface area contributed by atoms with Gasteiger partial charge in [-0.15, -0.1) is 0 Å². The molecule has 0 spiro atoms. The summed E-state index contributed by atoms with van der Waals surface area (Å²) >= 11 is 1.38. The largest absolute Gasteiger partial charge is 1.00 e. The highest BCUT2D eigenvalue weighted by atomic mass is 79.9. The molecule has 0 saturated carbocycles. The van der Waals surface area contributed by atoms with Crippen LogP contribution in [0.1, 0.15) is 0 Å². The van der Waals surface area contributed by atoms with Gasteiger partial charge in [-0.25, -0.2) is 8.42 Å². The van der Waals surface area contributed by atoms with Crippen LogP contribution in [0.5, 0.6) is 0 Å². The van der Waals surface area contributed by atoms with Crippen LogP contribution in [0.2, 0.25) is 0 Å². The van der Waals surface area contributed by atoms with Crippen molar-refractivity contribution in [2.75, 3.05) is 18.6 Å². The number of amidine groups is 1. The summed E-state index contributed by atoms with van der Waals surface area (Å²) in [5.74, 6) is 0.471. The third-order valence-corrected chi connectivity index (χ3v) is 5.58. The number of hydrogen-bond donors (Lipinski definition) is 1. The van der Waals surface area contributed by atoms with Gasteiger partial charge in [-0.05, 0) is 0 Å². The first-order chi connectivity index (χ1) is 5.49. The molecule has 0 bridgehead atoms. The van der Waals surface area contributed by atoms with Gasteiger partial charge in [0.1, 0.15) is 0 Å². The summed E-state index contributed by atoms with van der Waals surface area (Å²) in [4.78, 5) is 1.76. The average Bonchev–Trinajstić information content (AvgIpc) is 2.33. The molecule has 0 aromatic heterocycles. The Balaban J connectivity index is 0.000000845. The monoisotopic (exact) mass is 285 g/mol. The Kier molecular flexibility index (Phi) is 2.99. The quantitative estimate of drug-likeness (QED) is 0.509. The number of thioether (sulfide) groups is 1. The van der Waals surface area contributed by atoms with Gasteiger partial charge in [0, 0.05) is 12.3 Å². The molecule has 0 amide bonds. The molecule has 4 nitrogen and oxygen atoms in total. The maximum absolute atomic E-state index is 11.2. The van der Waals surface area contributed by atoms with Crippen LogP contribution in [0, 0.1) is 5.41 Å². The van der Waals surface area contributed by atoms with Gasteiger partial charge in [-0.3, -0.25) is 5.41 Å². The van der Waals surface area contributed by atoms with E-state index in [1.165, 1.54) is 11.8 Å². The molecule has 7 heteroatoms. The van der Waals surface area contributed by atoms with E-state index in [2.05, 4.69) is 0 Å². The zero-order valence-electron chi connectivity index (χ0n) is 7.03. The predicted octanol–water partition coefficient (Wildman–Crippen LogP) is -3.23. The third-order valence-electron chi connectivity index (χ3n) is 2.35. The van der Waals surface area contributed by atoms with E-state index in [0.717, 1.165) is 0 Å². The number of nitrogens with one attached hydrogen (secondary N) is 1. The molecule has 2 fully saturated rings. The Labute approximate surface area is 92.3 Å². The van der Waals surface area contributed by atoms with Crippen LogP contribution >= 0.6 is 11.8 Å². The van der Waals surface area contributed by atoms with Gasteiger partial charge < -0.3 is 21.9 Å². The van der Waals surface area contributed by atoms with Crippen LogP contribution in [0.15, 0.2) is 0 Å². The van der Waals surface area contributed by atoms with Gasteiger partial charge in [0.25, 0.3) is 0 Å². The normalized spacial score (nSPS) is 35.8. The summed E-state index contributed by atoms with van der Waals surface area (Å²) < 4.78 is 22.4. The van der Waals surface area contributed by atoms with Crippen LogP contribution in [0.3, 0.4) is 0 Å². The fourth-order valence-electron chi connectivity index (χ4n) is 1.65. The minimum Gasteiger partial charge on any atom is -1.00 e. The fraction of sp³-hybridized carbons (Fsp3) is 0.833. The summed E-state index contributed by atoms with van der Waals surface area (Å²) in [6, 6.07) is 0.0486. The second kappa shape index (κ2) is 3.43. The van der Waals surface area contributed by atoms with Crippen molar-refractivity contribution in [3.05, 3.63) is 0 Å². The zero-order valence-corrected chi connectivity index (χ0v) is 10.2. The second-order valence-corrected chi connectivity index (χ2v) is 6.60. The SMILES string of the molecule is CN1C(=N)S[C@@H]2CS(=O)(=O)C[C@@H]21.[Br-]. The van der Waals surface area contributed by atoms with Crippen molar-refractivity contribution >= 4 is 26.8 Å². The number of nitrogens with zero attached hydrogens (tertiary/aromatic N) is 1. The van der Waals surface area contributed by atoms with Gasteiger partial charge in [0.15, 0.2) is 15.0 Å². The Morgan fingerprint density at radius 1 is 1.54 bits per heavy atom. The molecule has 2 saturated heterocycles. The predicted molar refractivity (Wildman–Crippen MR) is 49.3 cm³/mol. The molecule has 0 aromatic rings. The topological polar surface area (TPSA) is 61.2 Å². The van der Waals surface area contributed by atoms with Crippen LogP contribution in [0.4, 0.5) is 0 Å². The third kappa shape index (κ3) is 1.87. The molecule has 2 heterocycles. The lowest BCUT2D eigenvalue weighted by Gasteiger charge is -2.16. The van der Waals surface area contributed by atoms with E-state index < -0.39 is 9.84 Å². The lowest BCUT2D eigenvalue weighted by atomic mass is 10.2. The maximum Gasteiger partial charge on any atom is 0.156 e. The molecule has 0 unspecified atom stereocenters. The molecule has 1 N–H and O–H groups in total. The summed E-state index contributed by atoms with van der Waals surface area (Å²) in [5.41, 5.74) is 0. The van der Waals surface area contributed by atoms with Crippen molar-refractivity contribution in [1.82, 2.24) is 4.90 Å². The molecule has 13 heavy (non-hydrogen) atoms. The highest BCUT2D eigenvalue weighted by Crippen LogP contribution is 2.35. The van der Waals surface area contributed by atoms with Crippen LogP contribution < -0.4 is 17.0 Å². The summed E-state index contributed by atoms with van der Waals surface area (Å²) in [5, 5.41) is 8.08. The summed E-state index contributed by atoms with van der Waals surface area (Å²) in [6.45, 7) is 0. The number of halogens is 1. The van der Waals surface area contributed by atoms with Gasteiger partial charge in [-0.2, -0.15) is 0 Å². The first-order valence-corrected chi connectivity index (χ1v) is 6.38. The van der Waals surface area contributed by atoms with Gasteiger partial charge in [0.2, 0.25) is 0 Å². The number of rotatable bonds is 0. The molecule has 2 atom stereocenters. The van der Waals surface area contributed by atoms with E-state index in [1.54, 1.807) is 11.9 Å². The fourth-order valence-corrected chi connectivity index (χ4v) is 5.52. The van der Waals surface area contributed by atoms with Crippen molar-refractivity contribution in [3.63, 3.8) is 0 Å². The lowest BCUT2D eigenvalue weighted by molar-refractivity contribution is -0.00000514. The van der Waals surface area contributed by atoms with E-state index in [1.807, 2.05) is 0 Å². The first-order valence-electron chi connectivity index (χ1n) is 3.68. The molecule has 76 valence electrons. The van der Waals surface area contributed by atoms with Crippen LogP contribution in [0.25, 0.3) is 0 Å². The minimum absolute atomic E-state index is 0. The molecule has 2 aliphatic heterocycles. The smallest absolute Gasteiger partial charge is 0.156 e. The van der Waals surface area contributed by atoms with E-state index in [9.17, 15) is 8.42 Å². The zero-order chi connectivity index (χ0) is 8.93. The maximum atomic E-state index is 11.2. The van der Waals surface area contributed by atoms with Crippen LogP contribution in [-0.4, -0.2) is 48.3 Å². The summed E-state index contributed by atoms with van der Waals surface area (Å²) in [7, 11) is -1.03.